The first kappa shape index (κ1) is 14.1. The second-order valence-electron chi connectivity index (χ2n) is 5.19. The number of carbonyl (C=O) groups is 1. The van der Waals surface area contributed by atoms with Crippen molar-refractivity contribution in [1.82, 2.24) is 14.9 Å². The van der Waals surface area contributed by atoms with Crippen LogP contribution in [-0.2, 0) is 0 Å². The highest BCUT2D eigenvalue weighted by Crippen LogP contribution is 2.30. The summed E-state index contributed by atoms with van der Waals surface area (Å²) in [6.45, 7) is 6.02. The fourth-order valence-electron chi connectivity index (χ4n) is 1.95. The molecule has 104 valence electrons. The maximum absolute atomic E-state index is 12.4. The molecule has 1 aromatic heterocycles. The van der Waals surface area contributed by atoms with Crippen molar-refractivity contribution in [2.75, 3.05) is 31.2 Å². The molecule has 0 radical (unpaired) electrons. The van der Waals surface area contributed by atoms with Crippen LogP contribution in [0.1, 0.15) is 30.8 Å². The van der Waals surface area contributed by atoms with E-state index < -0.39 is 0 Å². The maximum Gasteiger partial charge on any atom is 0.274 e. The molecule has 0 saturated carbocycles. The van der Waals surface area contributed by atoms with Gasteiger partial charge in [-0.15, -0.1) is 0 Å². The van der Waals surface area contributed by atoms with E-state index in [1.54, 1.807) is 13.2 Å². The molecule has 0 atom stereocenters. The largest absolute Gasteiger partial charge is 0.372 e. The number of aromatic nitrogens is 2. The number of carbonyl (C=O) groups excluding carboxylic acids is 1. The number of rotatable bonds is 2. The van der Waals surface area contributed by atoms with Gasteiger partial charge in [-0.05, 0) is 6.42 Å². The Kier molecular flexibility index (Phi) is 4.29. The SMILES string of the molecule is CNc1cnc(C(=O)N2CCSC(C)(C)CC2)cn1. The van der Waals surface area contributed by atoms with E-state index in [9.17, 15) is 4.79 Å². The highest BCUT2D eigenvalue weighted by molar-refractivity contribution is 8.00. The van der Waals surface area contributed by atoms with E-state index in [1.807, 2.05) is 16.7 Å². The second-order valence-corrected chi connectivity index (χ2v) is 6.99. The Labute approximate surface area is 118 Å². The van der Waals surface area contributed by atoms with E-state index in [-0.39, 0.29) is 10.7 Å². The third-order valence-corrected chi connectivity index (χ3v) is 4.62. The zero-order chi connectivity index (χ0) is 13.9. The molecule has 1 aliphatic rings. The number of thioether (sulfide) groups is 1. The molecule has 1 aromatic rings. The average Bonchev–Trinajstić information content (AvgIpc) is 2.59. The summed E-state index contributed by atoms with van der Waals surface area (Å²) in [6.07, 6.45) is 4.13. The molecule has 0 aliphatic carbocycles. The predicted octanol–water partition coefficient (Wildman–Crippen LogP) is 1.88. The minimum Gasteiger partial charge on any atom is -0.372 e. The van der Waals surface area contributed by atoms with E-state index in [4.69, 9.17) is 0 Å². The molecule has 1 saturated heterocycles. The predicted molar refractivity (Wildman–Crippen MR) is 78.6 cm³/mol. The molecule has 0 unspecified atom stereocenters. The normalized spacial score (nSPS) is 18.8. The topological polar surface area (TPSA) is 58.1 Å². The smallest absolute Gasteiger partial charge is 0.274 e. The lowest BCUT2D eigenvalue weighted by Gasteiger charge is -2.22. The van der Waals surface area contributed by atoms with Crippen LogP contribution in [0.2, 0.25) is 0 Å². The first-order chi connectivity index (χ1) is 9.02. The van der Waals surface area contributed by atoms with Crippen LogP contribution < -0.4 is 5.32 Å². The lowest BCUT2D eigenvalue weighted by atomic mass is 10.1. The monoisotopic (exact) mass is 280 g/mol. The van der Waals surface area contributed by atoms with E-state index in [0.717, 1.165) is 25.3 Å². The average molecular weight is 280 g/mol. The summed E-state index contributed by atoms with van der Waals surface area (Å²) in [5, 5.41) is 2.89. The van der Waals surface area contributed by atoms with Crippen LogP contribution in [-0.4, -0.2) is 51.4 Å². The Hall–Kier alpha value is -1.30. The van der Waals surface area contributed by atoms with Gasteiger partial charge in [-0.3, -0.25) is 4.79 Å². The molecule has 1 fully saturated rings. The standard InChI is InChI=1S/C13H20N4OS/c1-13(2)4-5-17(6-7-19-13)12(18)10-8-16-11(14-3)9-15-10/h8-9H,4-7H2,1-3H3,(H,14,16). The first-order valence-electron chi connectivity index (χ1n) is 6.45. The Morgan fingerprint density at radius 1 is 1.37 bits per heavy atom. The van der Waals surface area contributed by atoms with Gasteiger partial charge in [0.05, 0.1) is 12.4 Å². The van der Waals surface area contributed by atoms with Gasteiger partial charge in [0, 0.05) is 30.6 Å². The van der Waals surface area contributed by atoms with Crippen molar-refractivity contribution in [2.45, 2.75) is 25.0 Å². The summed E-state index contributed by atoms with van der Waals surface area (Å²) in [4.78, 5) is 22.5. The number of anilines is 1. The van der Waals surface area contributed by atoms with Crippen LogP contribution in [0.3, 0.4) is 0 Å². The molecule has 0 bridgehead atoms. The lowest BCUT2D eigenvalue weighted by Crippen LogP contribution is -2.34. The van der Waals surface area contributed by atoms with Crippen LogP contribution in [0.5, 0.6) is 0 Å². The van der Waals surface area contributed by atoms with Gasteiger partial charge in [-0.2, -0.15) is 11.8 Å². The van der Waals surface area contributed by atoms with Crippen molar-refractivity contribution in [2.24, 2.45) is 0 Å². The van der Waals surface area contributed by atoms with Crippen molar-refractivity contribution in [3.05, 3.63) is 18.1 Å². The third-order valence-electron chi connectivity index (χ3n) is 3.25. The van der Waals surface area contributed by atoms with Gasteiger partial charge in [0.25, 0.3) is 5.91 Å². The van der Waals surface area contributed by atoms with Crippen molar-refractivity contribution >= 4 is 23.5 Å². The molecule has 0 aromatic carbocycles. The third kappa shape index (κ3) is 3.59. The van der Waals surface area contributed by atoms with Gasteiger partial charge in [0.1, 0.15) is 11.5 Å². The summed E-state index contributed by atoms with van der Waals surface area (Å²) in [5.74, 6) is 1.62. The van der Waals surface area contributed by atoms with Crippen molar-refractivity contribution in [3.63, 3.8) is 0 Å². The van der Waals surface area contributed by atoms with E-state index in [1.165, 1.54) is 6.20 Å². The van der Waals surface area contributed by atoms with Crippen LogP contribution in [0.4, 0.5) is 5.82 Å². The van der Waals surface area contributed by atoms with Crippen LogP contribution in [0.15, 0.2) is 12.4 Å². The number of nitrogens with zero attached hydrogens (tertiary/aromatic N) is 3. The number of nitrogens with one attached hydrogen (secondary N) is 1. The summed E-state index contributed by atoms with van der Waals surface area (Å²) in [5.41, 5.74) is 0.420. The Morgan fingerprint density at radius 2 is 2.16 bits per heavy atom. The summed E-state index contributed by atoms with van der Waals surface area (Å²) in [7, 11) is 1.78. The molecule has 1 aliphatic heterocycles. The number of hydrogen-bond acceptors (Lipinski definition) is 5. The zero-order valence-corrected chi connectivity index (χ0v) is 12.5. The number of amides is 1. The van der Waals surface area contributed by atoms with Crippen molar-refractivity contribution in [3.8, 4) is 0 Å². The molecule has 2 rings (SSSR count). The zero-order valence-electron chi connectivity index (χ0n) is 11.6. The molecular formula is C13H20N4OS. The second kappa shape index (κ2) is 5.77. The molecule has 2 heterocycles. The van der Waals surface area contributed by atoms with Crippen molar-refractivity contribution in [1.29, 1.82) is 0 Å². The molecular weight excluding hydrogens is 260 g/mol. The minimum atomic E-state index is -0.0200. The molecule has 1 amide bonds. The fraction of sp³-hybridized carbons (Fsp3) is 0.615. The van der Waals surface area contributed by atoms with Gasteiger partial charge in [0.15, 0.2) is 0 Å². The Bertz CT molecular complexity index is 446. The van der Waals surface area contributed by atoms with Crippen LogP contribution in [0.25, 0.3) is 0 Å². The van der Waals surface area contributed by atoms with E-state index in [0.29, 0.717) is 11.5 Å². The molecule has 6 heteroatoms. The van der Waals surface area contributed by atoms with Gasteiger partial charge in [0.2, 0.25) is 0 Å². The summed E-state index contributed by atoms with van der Waals surface area (Å²) in [6, 6.07) is 0. The van der Waals surface area contributed by atoms with Gasteiger partial charge in [-0.1, -0.05) is 13.8 Å². The highest BCUT2D eigenvalue weighted by Gasteiger charge is 2.26. The van der Waals surface area contributed by atoms with Gasteiger partial charge < -0.3 is 10.2 Å². The first-order valence-corrected chi connectivity index (χ1v) is 7.43. The summed E-state index contributed by atoms with van der Waals surface area (Å²) >= 11 is 1.92. The van der Waals surface area contributed by atoms with Gasteiger partial charge in [-0.25, -0.2) is 9.97 Å². The Morgan fingerprint density at radius 3 is 2.79 bits per heavy atom. The molecule has 5 nitrogen and oxygen atoms in total. The maximum atomic E-state index is 12.4. The fourth-order valence-corrected chi connectivity index (χ4v) is 3.05. The molecule has 1 N–H and O–H groups in total. The van der Waals surface area contributed by atoms with Crippen molar-refractivity contribution < 1.29 is 4.79 Å². The minimum absolute atomic E-state index is 0.0200. The lowest BCUT2D eigenvalue weighted by molar-refractivity contribution is 0.0758. The van der Waals surface area contributed by atoms with Crippen LogP contribution in [0, 0.1) is 0 Å². The number of hydrogen-bond donors (Lipinski definition) is 1. The van der Waals surface area contributed by atoms with E-state index in [2.05, 4.69) is 29.1 Å². The molecule has 19 heavy (non-hydrogen) atoms. The molecule has 0 spiro atoms. The summed E-state index contributed by atoms with van der Waals surface area (Å²) < 4.78 is 0.247. The Balaban J connectivity index is 2.06. The quantitative estimate of drug-likeness (QED) is 0.896. The van der Waals surface area contributed by atoms with E-state index >= 15 is 0 Å². The highest BCUT2D eigenvalue weighted by atomic mass is 32.2. The van der Waals surface area contributed by atoms with Gasteiger partial charge >= 0.3 is 0 Å². The van der Waals surface area contributed by atoms with Crippen LogP contribution >= 0.6 is 11.8 Å².